The third-order valence-corrected chi connectivity index (χ3v) is 3.07. The highest BCUT2D eigenvalue weighted by atomic mass is 32.1. The monoisotopic (exact) mass is 207 g/mol. The zero-order chi connectivity index (χ0) is 10.1. The van der Waals surface area contributed by atoms with Crippen LogP contribution in [0.25, 0.3) is 10.1 Å². The fraction of sp³-hybridized carbons (Fsp3) is 0.100. The Morgan fingerprint density at radius 1 is 1.50 bits per heavy atom. The molecule has 0 bridgehead atoms. The van der Waals surface area contributed by atoms with Crippen LogP contribution < -0.4 is 5.32 Å². The number of phenolic OH excluding ortho intramolecular Hbond substituents is 1. The van der Waals surface area contributed by atoms with Gasteiger partial charge in [-0.25, -0.2) is 0 Å². The Morgan fingerprint density at radius 2 is 2.29 bits per heavy atom. The van der Waals surface area contributed by atoms with E-state index in [0.29, 0.717) is 5.56 Å². The summed E-state index contributed by atoms with van der Waals surface area (Å²) in [6.07, 6.45) is 0. The number of rotatable bonds is 1. The smallest absolute Gasteiger partial charge is 0.252 e. The second-order valence-corrected chi connectivity index (χ2v) is 3.76. The Morgan fingerprint density at radius 3 is 3.00 bits per heavy atom. The summed E-state index contributed by atoms with van der Waals surface area (Å²) < 4.78 is 0.756. The maximum Gasteiger partial charge on any atom is 0.252 e. The van der Waals surface area contributed by atoms with Gasteiger partial charge >= 0.3 is 0 Å². The van der Waals surface area contributed by atoms with Crippen LogP contribution in [0.15, 0.2) is 23.6 Å². The average Bonchev–Trinajstić information content (AvgIpc) is 2.62. The predicted molar refractivity (Wildman–Crippen MR) is 56.9 cm³/mol. The number of carbonyl (C=O) groups is 1. The number of hydrogen-bond donors (Lipinski definition) is 2. The third-order valence-electron chi connectivity index (χ3n) is 2.05. The number of nitrogens with one attached hydrogen (secondary N) is 1. The van der Waals surface area contributed by atoms with E-state index in [-0.39, 0.29) is 11.7 Å². The number of carbonyl (C=O) groups excluding carboxylic acids is 1. The van der Waals surface area contributed by atoms with Crippen molar-refractivity contribution in [3.05, 3.63) is 29.1 Å². The maximum atomic E-state index is 11.4. The lowest BCUT2D eigenvalue weighted by Crippen LogP contribution is -2.16. The van der Waals surface area contributed by atoms with Gasteiger partial charge in [0, 0.05) is 17.8 Å². The number of benzene rings is 1. The molecule has 1 heterocycles. The van der Waals surface area contributed by atoms with Crippen LogP contribution in [-0.2, 0) is 0 Å². The second-order valence-electron chi connectivity index (χ2n) is 2.88. The number of amides is 1. The lowest BCUT2D eigenvalue weighted by Gasteiger charge is -1.97. The molecule has 2 rings (SSSR count). The maximum absolute atomic E-state index is 11.4. The van der Waals surface area contributed by atoms with E-state index < -0.39 is 0 Å². The van der Waals surface area contributed by atoms with Crippen molar-refractivity contribution >= 4 is 27.3 Å². The molecule has 0 aliphatic rings. The van der Waals surface area contributed by atoms with Gasteiger partial charge in [0.1, 0.15) is 5.75 Å². The molecule has 0 aliphatic heterocycles. The van der Waals surface area contributed by atoms with Crippen molar-refractivity contribution in [1.82, 2.24) is 5.32 Å². The van der Waals surface area contributed by atoms with E-state index in [1.165, 1.54) is 11.3 Å². The summed E-state index contributed by atoms with van der Waals surface area (Å²) in [5.41, 5.74) is 0.614. The zero-order valence-corrected chi connectivity index (χ0v) is 8.39. The number of phenols is 1. The summed E-state index contributed by atoms with van der Waals surface area (Å²) in [6.45, 7) is 0. The Hall–Kier alpha value is -1.55. The van der Waals surface area contributed by atoms with Crippen molar-refractivity contribution in [1.29, 1.82) is 0 Å². The normalized spacial score (nSPS) is 10.4. The van der Waals surface area contributed by atoms with Crippen LogP contribution in [0.3, 0.4) is 0 Å². The van der Waals surface area contributed by atoms with Crippen LogP contribution in [0.5, 0.6) is 5.75 Å². The minimum absolute atomic E-state index is 0.123. The van der Waals surface area contributed by atoms with Gasteiger partial charge in [-0.1, -0.05) is 12.1 Å². The largest absolute Gasteiger partial charge is 0.506 e. The molecule has 0 radical (unpaired) electrons. The number of fused-ring (bicyclic) bond motifs is 1. The highest BCUT2D eigenvalue weighted by Crippen LogP contribution is 2.32. The van der Waals surface area contributed by atoms with Gasteiger partial charge in [0.25, 0.3) is 5.91 Å². The summed E-state index contributed by atoms with van der Waals surface area (Å²) >= 11 is 1.37. The van der Waals surface area contributed by atoms with Gasteiger partial charge in [-0.15, -0.1) is 11.3 Å². The van der Waals surface area contributed by atoms with Gasteiger partial charge in [0.05, 0.1) is 10.3 Å². The van der Waals surface area contributed by atoms with Crippen LogP contribution in [0, 0.1) is 0 Å². The fourth-order valence-electron chi connectivity index (χ4n) is 1.35. The molecule has 1 aromatic heterocycles. The molecule has 1 aromatic carbocycles. The molecule has 0 fully saturated rings. The fourth-order valence-corrected chi connectivity index (χ4v) is 2.32. The van der Waals surface area contributed by atoms with Gasteiger partial charge in [0.2, 0.25) is 0 Å². The van der Waals surface area contributed by atoms with E-state index in [1.807, 2.05) is 6.07 Å². The van der Waals surface area contributed by atoms with Crippen LogP contribution in [0.1, 0.15) is 10.4 Å². The van der Waals surface area contributed by atoms with Gasteiger partial charge in [-0.3, -0.25) is 4.79 Å². The topological polar surface area (TPSA) is 49.3 Å². The molecular formula is C10H9NO2S. The molecule has 2 aromatic rings. The van der Waals surface area contributed by atoms with Crippen molar-refractivity contribution in [2.24, 2.45) is 0 Å². The van der Waals surface area contributed by atoms with E-state index >= 15 is 0 Å². The Bertz CT molecular complexity index is 490. The van der Waals surface area contributed by atoms with Crippen LogP contribution >= 0.6 is 11.3 Å². The molecular weight excluding hydrogens is 198 g/mol. The number of hydrogen-bond acceptors (Lipinski definition) is 3. The van der Waals surface area contributed by atoms with Crippen LogP contribution in [0.2, 0.25) is 0 Å². The highest BCUT2D eigenvalue weighted by molar-refractivity contribution is 7.18. The van der Waals surface area contributed by atoms with Crippen LogP contribution in [-0.4, -0.2) is 18.1 Å². The Balaban J connectivity index is 2.70. The lowest BCUT2D eigenvalue weighted by molar-refractivity contribution is 0.0965. The molecule has 0 saturated heterocycles. The van der Waals surface area contributed by atoms with Crippen molar-refractivity contribution in [3.63, 3.8) is 0 Å². The first-order chi connectivity index (χ1) is 6.74. The lowest BCUT2D eigenvalue weighted by atomic mass is 10.1. The Kier molecular flexibility index (Phi) is 2.13. The first-order valence-corrected chi connectivity index (χ1v) is 5.03. The molecule has 4 heteroatoms. The first kappa shape index (κ1) is 9.02. The van der Waals surface area contributed by atoms with Crippen molar-refractivity contribution in [2.45, 2.75) is 0 Å². The third kappa shape index (κ3) is 1.24. The summed E-state index contributed by atoms with van der Waals surface area (Å²) in [5, 5.41) is 14.6. The minimum Gasteiger partial charge on any atom is -0.506 e. The standard InChI is InChI=1S/C10H9NO2S/c1-11-10(13)7-5-14-9-6(7)3-2-4-8(9)12/h2-5,12H,1H3,(H,11,13). The van der Waals surface area contributed by atoms with Gasteiger partial charge < -0.3 is 10.4 Å². The van der Waals surface area contributed by atoms with E-state index in [2.05, 4.69) is 5.32 Å². The molecule has 2 N–H and O–H groups in total. The second kappa shape index (κ2) is 3.31. The molecule has 0 atom stereocenters. The Labute approximate surface area is 85.0 Å². The average molecular weight is 207 g/mol. The highest BCUT2D eigenvalue weighted by Gasteiger charge is 2.11. The van der Waals surface area contributed by atoms with Crippen molar-refractivity contribution in [3.8, 4) is 5.75 Å². The van der Waals surface area contributed by atoms with E-state index in [0.717, 1.165) is 10.1 Å². The SMILES string of the molecule is CNC(=O)c1csc2c(O)cccc12. The number of aromatic hydroxyl groups is 1. The summed E-state index contributed by atoms with van der Waals surface area (Å²) in [5.74, 6) is 0.101. The first-order valence-electron chi connectivity index (χ1n) is 4.15. The van der Waals surface area contributed by atoms with Gasteiger partial charge in [-0.2, -0.15) is 0 Å². The quantitative estimate of drug-likeness (QED) is 0.751. The molecule has 1 amide bonds. The summed E-state index contributed by atoms with van der Waals surface area (Å²) in [4.78, 5) is 11.4. The molecule has 0 saturated carbocycles. The number of thiophene rings is 1. The molecule has 0 aliphatic carbocycles. The van der Waals surface area contributed by atoms with Crippen molar-refractivity contribution < 1.29 is 9.90 Å². The van der Waals surface area contributed by atoms with Crippen molar-refractivity contribution in [2.75, 3.05) is 7.05 Å². The van der Waals surface area contributed by atoms with E-state index in [1.54, 1.807) is 24.6 Å². The van der Waals surface area contributed by atoms with E-state index in [9.17, 15) is 9.90 Å². The predicted octanol–water partition coefficient (Wildman–Crippen LogP) is 1.97. The molecule has 0 unspecified atom stereocenters. The molecule has 3 nitrogen and oxygen atoms in total. The van der Waals surface area contributed by atoms with E-state index in [4.69, 9.17) is 0 Å². The van der Waals surface area contributed by atoms with Gasteiger partial charge in [-0.05, 0) is 6.07 Å². The summed E-state index contributed by atoms with van der Waals surface area (Å²) in [6, 6.07) is 5.18. The van der Waals surface area contributed by atoms with Crippen LogP contribution in [0.4, 0.5) is 0 Å². The molecule has 72 valence electrons. The van der Waals surface area contributed by atoms with Gasteiger partial charge in [0.15, 0.2) is 0 Å². The molecule has 14 heavy (non-hydrogen) atoms. The molecule has 0 spiro atoms. The zero-order valence-electron chi connectivity index (χ0n) is 7.57. The minimum atomic E-state index is -0.123. The summed E-state index contributed by atoms with van der Waals surface area (Å²) in [7, 11) is 1.59.